The fourth-order valence-corrected chi connectivity index (χ4v) is 3.03. The van der Waals surface area contributed by atoms with Gasteiger partial charge in [0.25, 0.3) is 5.69 Å². The zero-order chi connectivity index (χ0) is 21.6. The zero-order valence-electron chi connectivity index (χ0n) is 16.8. The van der Waals surface area contributed by atoms with Crippen LogP contribution in [0.5, 0.6) is 11.6 Å². The van der Waals surface area contributed by atoms with Crippen molar-refractivity contribution in [2.45, 2.75) is 6.61 Å². The predicted molar refractivity (Wildman–Crippen MR) is 119 cm³/mol. The minimum absolute atomic E-state index is 0.0332. The Morgan fingerprint density at radius 1 is 1.03 bits per heavy atom. The van der Waals surface area contributed by atoms with E-state index in [0.717, 1.165) is 16.5 Å². The van der Waals surface area contributed by atoms with Crippen LogP contribution in [0.15, 0.2) is 83.9 Å². The molecule has 154 valence electrons. The Labute approximate surface area is 178 Å². The summed E-state index contributed by atoms with van der Waals surface area (Å²) in [4.78, 5) is 19.6. The summed E-state index contributed by atoms with van der Waals surface area (Å²) in [5.41, 5.74) is 3.10. The highest BCUT2D eigenvalue weighted by atomic mass is 16.6. The first-order valence-corrected chi connectivity index (χ1v) is 9.56. The molecule has 1 aromatic heterocycles. The number of pyridine rings is 1. The van der Waals surface area contributed by atoms with Crippen molar-refractivity contribution in [1.82, 2.24) is 4.98 Å². The lowest BCUT2D eigenvalue weighted by Gasteiger charge is -2.09. The summed E-state index contributed by atoms with van der Waals surface area (Å²) in [6, 6.07) is 23.4. The van der Waals surface area contributed by atoms with Crippen molar-refractivity contribution in [2.24, 2.45) is 4.99 Å². The standard InChI is InChI=1S/C24H19N3O4/c1-30-21-13-19-9-12-23(31-16-18-5-3-2-4-6-18)26-24(19)22(14-21)25-15-17-7-10-20(11-8-17)27(28)29/h2-15H,16H2,1H3. The van der Waals surface area contributed by atoms with Crippen molar-refractivity contribution in [3.05, 3.63) is 100 Å². The van der Waals surface area contributed by atoms with Crippen LogP contribution >= 0.6 is 0 Å². The summed E-state index contributed by atoms with van der Waals surface area (Å²) in [7, 11) is 1.59. The van der Waals surface area contributed by atoms with Gasteiger partial charge < -0.3 is 9.47 Å². The Balaban J connectivity index is 1.64. The summed E-state index contributed by atoms with van der Waals surface area (Å²) >= 11 is 0. The van der Waals surface area contributed by atoms with E-state index in [-0.39, 0.29) is 5.69 Å². The molecule has 7 heteroatoms. The Hall–Kier alpha value is -4.26. The normalized spacial score (nSPS) is 11.0. The van der Waals surface area contributed by atoms with Crippen molar-refractivity contribution < 1.29 is 14.4 Å². The molecule has 0 atom stereocenters. The maximum Gasteiger partial charge on any atom is 0.269 e. The van der Waals surface area contributed by atoms with Crippen LogP contribution in [-0.4, -0.2) is 23.2 Å². The molecule has 0 radical (unpaired) electrons. The van der Waals surface area contributed by atoms with E-state index in [1.165, 1.54) is 12.1 Å². The number of ether oxygens (including phenoxy) is 2. The molecular formula is C24H19N3O4. The highest BCUT2D eigenvalue weighted by Gasteiger charge is 2.08. The number of non-ortho nitro benzene ring substituents is 1. The fourth-order valence-electron chi connectivity index (χ4n) is 3.03. The van der Waals surface area contributed by atoms with Gasteiger partial charge in [-0.2, -0.15) is 0 Å². The average molecular weight is 413 g/mol. The number of hydrogen-bond donors (Lipinski definition) is 0. The van der Waals surface area contributed by atoms with Crippen LogP contribution in [0.25, 0.3) is 10.9 Å². The molecule has 0 aliphatic carbocycles. The molecule has 0 aliphatic rings. The minimum atomic E-state index is -0.433. The quantitative estimate of drug-likeness (QED) is 0.227. The molecule has 0 fully saturated rings. The molecule has 3 aromatic carbocycles. The highest BCUT2D eigenvalue weighted by molar-refractivity contribution is 5.94. The van der Waals surface area contributed by atoms with Gasteiger partial charge in [0, 0.05) is 35.9 Å². The maximum atomic E-state index is 10.8. The van der Waals surface area contributed by atoms with Crippen LogP contribution < -0.4 is 9.47 Å². The second-order valence-corrected chi connectivity index (χ2v) is 6.75. The molecule has 0 aliphatic heterocycles. The third kappa shape index (κ3) is 4.84. The Kier molecular flexibility index (Phi) is 5.84. The molecule has 7 nitrogen and oxygen atoms in total. The first-order chi connectivity index (χ1) is 15.1. The first-order valence-electron chi connectivity index (χ1n) is 9.56. The number of nitro benzene ring substituents is 1. The molecule has 0 unspecified atom stereocenters. The largest absolute Gasteiger partial charge is 0.497 e. The lowest BCUT2D eigenvalue weighted by Crippen LogP contribution is -1.97. The van der Waals surface area contributed by atoms with Crippen molar-refractivity contribution in [1.29, 1.82) is 0 Å². The molecule has 0 bridgehead atoms. The molecule has 0 saturated heterocycles. The number of benzene rings is 3. The smallest absolute Gasteiger partial charge is 0.269 e. The Bertz CT molecular complexity index is 1240. The van der Waals surface area contributed by atoms with Crippen molar-refractivity contribution in [3.8, 4) is 11.6 Å². The second-order valence-electron chi connectivity index (χ2n) is 6.75. The van der Waals surface area contributed by atoms with Gasteiger partial charge in [-0.1, -0.05) is 30.3 Å². The van der Waals surface area contributed by atoms with Crippen LogP contribution in [0.3, 0.4) is 0 Å². The molecule has 0 N–H and O–H groups in total. The van der Waals surface area contributed by atoms with Crippen LogP contribution in [0.2, 0.25) is 0 Å². The number of rotatable bonds is 7. The van der Waals surface area contributed by atoms with E-state index in [9.17, 15) is 10.1 Å². The van der Waals surface area contributed by atoms with Crippen LogP contribution in [0.1, 0.15) is 11.1 Å². The topological polar surface area (TPSA) is 86.9 Å². The Morgan fingerprint density at radius 2 is 1.81 bits per heavy atom. The zero-order valence-corrected chi connectivity index (χ0v) is 16.8. The summed E-state index contributed by atoms with van der Waals surface area (Å²) in [6.07, 6.45) is 1.64. The third-order valence-corrected chi connectivity index (χ3v) is 4.64. The van der Waals surface area contributed by atoms with Crippen LogP contribution in [-0.2, 0) is 6.61 Å². The van der Waals surface area contributed by atoms with E-state index in [4.69, 9.17) is 9.47 Å². The van der Waals surface area contributed by atoms with Gasteiger partial charge in [0.1, 0.15) is 17.9 Å². The van der Waals surface area contributed by atoms with Crippen LogP contribution in [0, 0.1) is 10.1 Å². The summed E-state index contributed by atoms with van der Waals surface area (Å²) < 4.78 is 11.2. The lowest BCUT2D eigenvalue weighted by molar-refractivity contribution is -0.384. The van der Waals surface area contributed by atoms with Gasteiger partial charge in [0.15, 0.2) is 0 Å². The molecule has 31 heavy (non-hydrogen) atoms. The summed E-state index contributed by atoms with van der Waals surface area (Å²) in [5, 5.41) is 11.7. The Morgan fingerprint density at radius 3 is 2.52 bits per heavy atom. The van der Waals surface area contributed by atoms with Gasteiger partial charge in [0.2, 0.25) is 5.88 Å². The number of hydrogen-bond acceptors (Lipinski definition) is 6. The highest BCUT2D eigenvalue weighted by Crippen LogP contribution is 2.32. The van der Waals surface area contributed by atoms with Gasteiger partial charge in [0.05, 0.1) is 17.7 Å². The van der Waals surface area contributed by atoms with Crippen molar-refractivity contribution in [3.63, 3.8) is 0 Å². The molecule has 4 rings (SSSR count). The van der Waals surface area contributed by atoms with Gasteiger partial charge in [-0.15, -0.1) is 0 Å². The van der Waals surface area contributed by atoms with Gasteiger partial charge in [-0.3, -0.25) is 15.1 Å². The molecular weight excluding hydrogens is 394 g/mol. The average Bonchev–Trinajstić information content (AvgIpc) is 2.81. The number of nitrogens with zero attached hydrogens (tertiary/aromatic N) is 3. The van der Waals surface area contributed by atoms with Crippen molar-refractivity contribution in [2.75, 3.05) is 7.11 Å². The number of nitro groups is 1. The SMILES string of the molecule is COc1cc(N=Cc2ccc([N+](=O)[O-])cc2)c2nc(OCc3ccccc3)ccc2c1. The van der Waals surface area contributed by atoms with Crippen LogP contribution in [0.4, 0.5) is 11.4 Å². The number of methoxy groups -OCH3 is 1. The van der Waals surface area contributed by atoms with E-state index in [0.29, 0.717) is 29.4 Å². The predicted octanol–water partition coefficient (Wildman–Crippen LogP) is 5.48. The molecule has 0 amide bonds. The molecule has 0 saturated carbocycles. The van der Waals surface area contributed by atoms with Gasteiger partial charge >= 0.3 is 0 Å². The van der Waals surface area contributed by atoms with Gasteiger partial charge in [-0.05, 0) is 35.4 Å². The molecule has 0 spiro atoms. The van der Waals surface area contributed by atoms with Gasteiger partial charge in [-0.25, -0.2) is 4.98 Å². The summed E-state index contributed by atoms with van der Waals surface area (Å²) in [6.45, 7) is 0.414. The minimum Gasteiger partial charge on any atom is -0.497 e. The molecule has 1 heterocycles. The van der Waals surface area contributed by atoms with Crippen molar-refractivity contribution >= 4 is 28.5 Å². The third-order valence-electron chi connectivity index (χ3n) is 4.64. The number of fused-ring (bicyclic) bond motifs is 1. The monoisotopic (exact) mass is 413 g/mol. The fraction of sp³-hybridized carbons (Fsp3) is 0.0833. The van der Waals surface area contributed by atoms with E-state index in [1.807, 2.05) is 48.5 Å². The summed E-state index contributed by atoms with van der Waals surface area (Å²) in [5.74, 6) is 1.15. The first kappa shape index (κ1) is 20.0. The van der Waals surface area contributed by atoms with E-state index in [2.05, 4.69) is 9.98 Å². The lowest BCUT2D eigenvalue weighted by atomic mass is 10.1. The second kappa shape index (κ2) is 9.04. The van der Waals surface area contributed by atoms with E-state index >= 15 is 0 Å². The number of aromatic nitrogens is 1. The van der Waals surface area contributed by atoms with E-state index in [1.54, 1.807) is 31.5 Å². The maximum absolute atomic E-state index is 10.8. The molecule has 4 aromatic rings. The number of aliphatic imine (C=N–C) groups is 1. The van der Waals surface area contributed by atoms with E-state index < -0.39 is 4.92 Å².